The average molecular weight is 1000 g/mol. The van der Waals surface area contributed by atoms with E-state index < -0.39 is 0 Å². The first-order chi connectivity index (χ1) is 38.6. The Labute approximate surface area is 451 Å². The predicted molar refractivity (Wildman–Crippen MR) is 319 cm³/mol. The highest BCUT2D eigenvalue weighted by atomic mass is 15.1. The fourth-order valence-corrected chi connectivity index (χ4v) is 10.5. The lowest BCUT2D eigenvalue weighted by Crippen LogP contribution is -2.10. The van der Waals surface area contributed by atoms with Gasteiger partial charge in [0, 0.05) is 81.2 Å². The summed E-state index contributed by atoms with van der Waals surface area (Å²) in [5, 5.41) is 0. The van der Waals surface area contributed by atoms with Crippen LogP contribution in [0.1, 0.15) is 0 Å². The van der Waals surface area contributed by atoms with Crippen LogP contribution >= 0.6 is 0 Å². The Bertz CT molecular complexity index is 4040. The highest BCUT2D eigenvalue weighted by Crippen LogP contribution is 2.42. The van der Waals surface area contributed by atoms with Crippen LogP contribution < -0.4 is 9.80 Å². The zero-order valence-electron chi connectivity index (χ0n) is 42.3. The Balaban J connectivity index is 0.873. The highest BCUT2D eigenvalue weighted by Gasteiger charge is 2.21. The van der Waals surface area contributed by atoms with Crippen LogP contribution in [0.25, 0.3) is 89.6 Å². The Morgan fingerprint density at radius 2 is 0.564 bits per heavy atom. The van der Waals surface area contributed by atoms with Crippen molar-refractivity contribution in [1.82, 2.24) is 28.7 Å². The molecule has 368 valence electrons. The molecule has 14 aromatic rings. The molecule has 0 aliphatic rings. The molecule has 0 amide bonds. The van der Waals surface area contributed by atoms with Crippen LogP contribution in [0.2, 0.25) is 0 Å². The van der Waals surface area contributed by atoms with Gasteiger partial charge in [-0.15, -0.1) is 0 Å². The van der Waals surface area contributed by atoms with E-state index >= 15 is 0 Å². The van der Waals surface area contributed by atoms with Gasteiger partial charge in [-0.2, -0.15) is 0 Å². The second kappa shape index (κ2) is 19.9. The van der Waals surface area contributed by atoms with Crippen molar-refractivity contribution in [1.29, 1.82) is 0 Å². The zero-order valence-corrected chi connectivity index (χ0v) is 42.3. The second-order valence-corrected chi connectivity index (χ2v) is 19.3. The molecule has 0 unspecified atom stereocenters. The fourth-order valence-electron chi connectivity index (χ4n) is 10.5. The minimum absolute atomic E-state index is 0.791. The summed E-state index contributed by atoms with van der Waals surface area (Å²) in [6, 6.07) is 93.3. The number of pyridine rings is 2. The van der Waals surface area contributed by atoms with E-state index in [1.807, 2.05) is 48.8 Å². The van der Waals surface area contributed by atoms with E-state index in [4.69, 9.17) is 19.9 Å². The van der Waals surface area contributed by atoms with Gasteiger partial charge in [0.15, 0.2) is 0 Å². The van der Waals surface area contributed by atoms with Gasteiger partial charge in [-0.3, -0.25) is 0 Å². The van der Waals surface area contributed by atoms with Crippen molar-refractivity contribution >= 4 is 56.5 Å². The van der Waals surface area contributed by atoms with Gasteiger partial charge in [-0.25, -0.2) is 19.9 Å². The third-order valence-electron chi connectivity index (χ3n) is 14.4. The summed E-state index contributed by atoms with van der Waals surface area (Å²) in [6.45, 7) is 0. The number of benzene rings is 9. The van der Waals surface area contributed by atoms with E-state index in [-0.39, 0.29) is 0 Å². The summed E-state index contributed by atoms with van der Waals surface area (Å²) in [7, 11) is 0. The maximum atomic E-state index is 5.59. The number of hydrogen-bond donors (Lipinski definition) is 0. The van der Waals surface area contributed by atoms with Crippen LogP contribution in [0.5, 0.6) is 0 Å². The standard InChI is InChI=1S/C70H48N8/c1-5-17-49(18-6-1)61-45-63-64(46-62(61)50-19-7-2-8-20-50)74-70(54-33-41-60(42-34-54)78(56-23-11-4-12-24-56)58-37-29-52(30-38-58)66-48-76-44-16-14-26-68(76)72-66)69(73-63)53-31-39-59(40-32-53)77(55-21-9-3-10-22-55)57-35-27-51(28-36-57)65-47-75-43-15-13-25-67(75)71-65/h1-48H. The van der Waals surface area contributed by atoms with Gasteiger partial charge in [0.1, 0.15) is 11.3 Å². The first-order valence-electron chi connectivity index (χ1n) is 26.1. The van der Waals surface area contributed by atoms with Crippen molar-refractivity contribution in [2.24, 2.45) is 0 Å². The van der Waals surface area contributed by atoms with Crippen molar-refractivity contribution in [3.63, 3.8) is 0 Å². The summed E-state index contributed by atoms with van der Waals surface area (Å²) in [5.74, 6) is 0. The number of hydrogen-bond acceptors (Lipinski definition) is 6. The minimum atomic E-state index is 0.791. The van der Waals surface area contributed by atoms with Gasteiger partial charge in [-0.1, -0.05) is 158 Å². The van der Waals surface area contributed by atoms with E-state index in [1.165, 1.54) is 0 Å². The molecule has 0 bridgehead atoms. The van der Waals surface area contributed by atoms with Gasteiger partial charge >= 0.3 is 0 Å². The lowest BCUT2D eigenvalue weighted by atomic mass is 9.93. The molecular formula is C70H48N8. The Hall–Kier alpha value is -10.7. The SMILES string of the molecule is c1ccc(-c2cc3nc(-c4ccc(N(c5ccccc5)c5ccc(-c6cn7ccccc7n6)cc5)cc4)c(-c4ccc(N(c5ccccc5)c5ccc(-c6cn7ccccc7n6)cc5)cc4)nc3cc2-c2ccccc2)cc1. The van der Waals surface area contributed by atoms with E-state index in [0.29, 0.717) is 0 Å². The number of anilines is 6. The molecule has 5 heterocycles. The molecule has 0 aliphatic carbocycles. The molecule has 9 aromatic carbocycles. The molecule has 0 fully saturated rings. The van der Waals surface area contributed by atoms with Crippen LogP contribution in [0.3, 0.4) is 0 Å². The van der Waals surface area contributed by atoms with Gasteiger partial charge in [-0.05, 0) is 131 Å². The van der Waals surface area contributed by atoms with E-state index in [9.17, 15) is 0 Å². The van der Waals surface area contributed by atoms with Crippen molar-refractivity contribution < 1.29 is 0 Å². The van der Waals surface area contributed by atoms with Gasteiger partial charge in [0.05, 0.1) is 33.8 Å². The minimum Gasteiger partial charge on any atom is -0.311 e. The molecule has 0 saturated carbocycles. The third kappa shape index (κ3) is 8.79. The molecule has 8 nitrogen and oxygen atoms in total. The topological polar surface area (TPSA) is 66.9 Å². The van der Waals surface area contributed by atoms with Crippen LogP contribution in [0, 0.1) is 0 Å². The van der Waals surface area contributed by atoms with Crippen molar-refractivity contribution in [2.45, 2.75) is 0 Å². The monoisotopic (exact) mass is 1000 g/mol. The van der Waals surface area contributed by atoms with Gasteiger partial charge in [0.25, 0.3) is 0 Å². The Morgan fingerprint density at radius 1 is 0.256 bits per heavy atom. The van der Waals surface area contributed by atoms with Gasteiger partial charge in [0.2, 0.25) is 0 Å². The first-order valence-corrected chi connectivity index (χ1v) is 26.1. The molecule has 0 saturated heterocycles. The van der Waals surface area contributed by atoms with E-state index in [2.05, 4.69) is 262 Å². The van der Waals surface area contributed by atoms with Crippen molar-refractivity contribution in [3.05, 3.63) is 292 Å². The van der Waals surface area contributed by atoms with E-state index in [0.717, 1.165) is 124 Å². The summed E-state index contributed by atoms with van der Waals surface area (Å²) < 4.78 is 4.11. The average Bonchev–Trinajstić information content (AvgIpc) is 4.20. The smallest absolute Gasteiger partial charge is 0.137 e. The molecule has 8 heteroatoms. The van der Waals surface area contributed by atoms with Crippen LogP contribution in [0.15, 0.2) is 292 Å². The van der Waals surface area contributed by atoms with E-state index in [1.54, 1.807) is 0 Å². The number of imidazole rings is 2. The molecular weight excluding hydrogens is 953 g/mol. The third-order valence-corrected chi connectivity index (χ3v) is 14.4. The molecule has 0 spiro atoms. The lowest BCUT2D eigenvalue weighted by molar-refractivity contribution is 1.19. The van der Waals surface area contributed by atoms with Crippen molar-refractivity contribution in [3.8, 4) is 67.3 Å². The zero-order chi connectivity index (χ0) is 51.8. The molecule has 0 radical (unpaired) electrons. The number of rotatable bonds is 12. The molecule has 14 rings (SSSR count). The predicted octanol–water partition coefficient (Wildman–Crippen LogP) is 17.9. The van der Waals surface area contributed by atoms with Crippen molar-refractivity contribution in [2.75, 3.05) is 9.80 Å². The molecule has 0 N–H and O–H groups in total. The van der Waals surface area contributed by atoms with Crippen LogP contribution in [0.4, 0.5) is 34.1 Å². The number of aromatic nitrogens is 6. The van der Waals surface area contributed by atoms with Crippen LogP contribution in [-0.2, 0) is 0 Å². The lowest BCUT2D eigenvalue weighted by Gasteiger charge is -2.26. The first kappa shape index (κ1) is 45.9. The van der Waals surface area contributed by atoms with Crippen LogP contribution in [-0.4, -0.2) is 28.7 Å². The number of para-hydroxylation sites is 2. The maximum Gasteiger partial charge on any atom is 0.137 e. The Kier molecular flexibility index (Phi) is 11.7. The highest BCUT2D eigenvalue weighted by molar-refractivity contribution is 5.96. The normalized spacial score (nSPS) is 11.3. The second-order valence-electron chi connectivity index (χ2n) is 19.3. The largest absolute Gasteiger partial charge is 0.311 e. The fraction of sp³-hybridized carbons (Fsp3) is 0. The molecule has 5 aromatic heterocycles. The summed E-state index contributed by atoms with van der Waals surface area (Å²) in [4.78, 5) is 25.5. The summed E-state index contributed by atoms with van der Waals surface area (Å²) >= 11 is 0. The summed E-state index contributed by atoms with van der Waals surface area (Å²) in [5.41, 5.74) is 21.5. The number of nitrogens with zero attached hydrogens (tertiary/aromatic N) is 8. The van der Waals surface area contributed by atoms with Gasteiger partial charge < -0.3 is 18.6 Å². The maximum absolute atomic E-state index is 5.59. The quantitative estimate of drug-likeness (QED) is 0.121. The summed E-state index contributed by atoms with van der Waals surface area (Å²) in [6.07, 6.45) is 8.20. The molecule has 0 aliphatic heterocycles. The number of fused-ring (bicyclic) bond motifs is 3. The molecule has 78 heavy (non-hydrogen) atoms. The Morgan fingerprint density at radius 3 is 0.910 bits per heavy atom. The molecule has 0 atom stereocenters.